The molecule has 0 aromatic carbocycles. The second-order valence-corrected chi connectivity index (χ2v) is 2.88. The highest BCUT2D eigenvalue weighted by Gasteiger charge is 1.97. The molecule has 0 unspecified atom stereocenters. The topological polar surface area (TPSA) is 62.2 Å². The van der Waals surface area contributed by atoms with Gasteiger partial charge in [-0.25, -0.2) is 9.78 Å². The van der Waals surface area contributed by atoms with Crippen LogP contribution in [0.5, 0.6) is 0 Å². The van der Waals surface area contributed by atoms with E-state index < -0.39 is 6.09 Å². The lowest BCUT2D eigenvalue weighted by atomic mass is 10.5. The number of carbonyl (C=O) groups is 1. The summed E-state index contributed by atoms with van der Waals surface area (Å²) in [6.07, 6.45) is -1.10. The normalized spacial score (nSPS) is 9.18. The first kappa shape index (κ1) is 8.25. The van der Waals surface area contributed by atoms with Crippen LogP contribution in [-0.2, 0) is 0 Å². The Kier molecular flexibility index (Phi) is 2.64. The van der Waals surface area contributed by atoms with Gasteiger partial charge in [-0.2, -0.15) is 0 Å². The van der Waals surface area contributed by atoms with Crippen LogP contribution in [0.2, 0.25) is 0 Å². The largest absolute Gasteiger partial charge is 0.465 e. The Morgan fingerprint density at radius 2 is 2.36 bits per heavy atom. The SMILES string of the molecule is O=C(O)Nc1cccc(I)n1. The number of nitrogens with zero attached hydrogens (tertiary/aromatic N) is 1. The van der Waals surface area contributed by atoms with Gasteiger partial charge in [0, 0.05) is 0 Å². The Labute approximate surface area is 76.8 Å². The predicted octanol–water partition coefficient (Wildman–Crippen LogP) is 1.78. The van der Waals surface area contributed by atoms with E-state index in [-0.39, 0.29) is 0 Å². The molecule has 0 spiro atoms. The number of aromatic nitrogens is 1. The summed E-state index contributed by atoms with van der Waals surface area (Å²) >= 11 is 2.01. The van der Waals surface area contributed by atoms with Crippen molar-refractivity contribution in [2.45, 2.75) is 0 Å². The van der Waals surface area contributed by atoms with Crippen LogP contribution in [0.1, 0.15) is 0 Å². The first-order chi connectivity index (χ1) is 5.18. The minimum absolute atomic E-state index is 0.351. The number of rotatable bonds is 1. The fraction of sp³-hybridized carbons (Fsp3) is 0. The van der Waals surface area contributed by atoms with Gasteiger partial charge < -0.3 is 5.11 Å². The van der Waals surface area contributed by atoms with Crippen LogP contribution in [-0.4, -0.2) is 16.2 Å². The van der Waals surface area contributed by atoms with Crippen molar-refractivity contribution < 1.29 is 9.90 Å². The molecule has 0 fully saturated rings. The summed E-state index contributed by atoms with van der Waals surface area (Å²) in [7, 11) is 0. The number of carboxylic acid groups (broad SMARTS) is 1. The first-order valence-electron chi connectivity index (χ1n) is 2.81. The van der Waals surface area contributed by atoms with Crippen LogP contribution >= 0.6 is 22.6 Å². The zero-order chi connectivity index (χ0) is 8.27. The van der Waals surface area contributed by atoms with E-state index in [2.05, 4.69) is 10.3 Å². The van der Waals surface area contributed by atoms with Crippen molar-refractivity contribution in [3.63, 3.8) is 0 Å². The Bertz CT molecular complexity index is 277. The molecule has 0 aliphatic rings. The number of pyridine rings is 1. The summed E-state index contributed by atoms with van der Waals surface area (Å²) in [5.41, 5.74) is 0. The molecule has 1 heterocycles. The Morgan fingerprint density at radius 1 is 1.64 bits per heavy atom. The standard InChI is InChI=1S/C6H5IN2O2/c7-4-2-1-3-5(8-4)9-6(10)11/h1-3H,(H,8,9)(H,10,11). The molecule has 5 heteroatoms. The second-order valence-electron chi connectivity index (χ2n) is 1.78. The predicted molar refractivity (Wildman–Crippen MR) is 48.6 cm³/mol. The van der Waals surface area contributed by atoms with Gasteiger partial charge in [-0.05, 0) is 34.7 Å². The summed E-state index contributed by atoms with van der Waals surface area (Å²) in [4.78, 5) is 14.0. The molecule has 0 aliphatic carbocycles. The molecule has 11 heavy (non-hydrogen) atoms. The van der Waals surface area contributed by atoms with Gasteiger partial charge in [0.05, 0.1) is 0 Å². The van der Waals surface area contributed by atoms with Crippen LogP contribution in [0.25, 0.3) is 0 Å². The number of hydrogen-bond donors (Lipinski definition) is 2. The van der Waals surface area contributed by atoms with Crippen LogP contribution in [0.15, 0.2) is 18.2 Å². The van der Waals surface area contributed by atoms with Gasteiger partial charge in [-0.15, -0.1) is 0 Å². The monoisotopic (exact) mass is 264 g/mol. The van der Waals surface area contributed by atoms with Crippen molar-refractivity contribution >= 4 is 34.5 Å². The molecular weight excluding hydrogens is 259 g/mol. The third-order valence-electron chi connectivity index (χ3n) is 0.950. The third-order valence-corrected chi connectivity index (χ3v) is 1.55. The first-order valence-corrected chi connectivity index (χ1v) is 3.89. The van der Waals surface area contributed by atoms with Crippen molar-refractivity contribution in [3.05, 3.63) is 21.9 Å². The summed E-state index contributed by atoms with van der Waals surface area (Å²) in [6.45, 7) is 0. The van der Waals surface area contributed by atoms with E-state index in [0.717, 1.165) is 3.70 Å². The molecule has 0 aliphatic heterocycles. The molecular formula is C6H5IN2O2. The lowest BCUT2D eigenvalue weighted by Gasteiger charge is -1.97. The molecule has 1 amide bonds. The van der Waals surface area contributed by atoms with Crippen molar-refractivity contribution in [1.29, 1.82) is 0 Å². The van der Waals surface area contributed by atoms with Crippen LogP contribution in [0.4, 0.5) is 10.6 Å². The van der Waals surface area contributed by atoms with Crippen LogP contribution < -0.4 is 5.32 Å². The zero-order valence-electron chi connectivity index (χ0n) is 5.41. The van der Waals surface area contributed by atoms with E-state index in [1.165, 1.54) is 0 Å². The molecule has 1 aromatic heterocycles. The van der Waals surface area contributed by atoms with Gasteiger partial charge >= 0.3 is 6.09 Å². The summed E-state index contributed by atoms with van der Waals surface area (Å²) in [6, 6.07) is 5.11. The fourth-order valence-electron chi connectivity index (χ4n) is 0.587. The van der Waals surface area contributed by atoms with Crippen LogP contribution in [0.3, 0.4) is 0 Å². The van der Waals surface area contributed by atoms with Crippen molar-refractivity contribution in [1.82, 2.24) is 4.98 Å². The molecule has 0 radical (unpaired) electrons. The molecule has 0 bridgehead atoms. The minimum atomic E-state index is -1.10. The number of halogens is 1. The summed E-state index contributed by atoms with van der Waals surface area (Å²) in [5.74, 6) is 0.351. The van der Waals surface area contributed by atoms with E-state index >= 15 is 0 Å². The number of nitrogens with one attached hydrogen (secondary N) is 1. The van der Waals surface area contributed by atoms with E-state index in [4.69, 9.17) is 5.11 Å². The van der Waals surface area contributed by atoms with E-state index in [1.54, 1.807) is 18.2 Å². The van der Waals surface area contributed by atoms with Gasteiger partial charge in [-0.1, -0.05) is 6.07 Å². The Morgan fingerprint density at radius 3 is 2.91 bits per heavy atom. The van der Waals surface area contributed by atoms with E-state index in [0.29, 0.717) is 5.82 Å². The van der Waals surface area contributed by atoms with Gasteiger partial charge in [-0.3, -0.25) is 5.32 Å². The molecule has 1 aromatic rings. The second kappa shape index (κ2) is 3.51. The summed E-state index contributed by atoms with van der Waals surface area (Å²) < 4.78 is 0.758. The Hall–Kier alpha value is -0.850. The van der Waals surface area contributed by atoms with Gasteiger partial charge in [0.2, 0.25) is 0 Å². The van der Waals surface area contributed by atoms with Crippen molar-refractivity contribution in [2.24, 2.45) is 0 Å². The Balaban J connectivity index is 2.79. The maximum atomic E-state index is 10.1. The van der Waals surface area contributed by atoms with Crippen molar-refractivity contribution in [2.75, 3.05) is 5.32 Å². The molecule has 1 rings (SSSR count). The van der Waals surface area contributed by atoms with Gasteiger partial charge in [0.15, 0.2) is 0 Å². The average Bonchev–Trinajstić information content (AvgIpc) is 1.85. The quantitative estimate of drug-likeness (QED) is 0.600. The van der Waals surface area contributed by atoms with Crippen LogP contribution in [0, 0.1) is 3.70 Å². The number of anilines is 1. The number of hydrogen-bond acceptors (Lipinski definition) is 2. The highest BCUT2D eigenvalue weighted by Crippen LogP contribution is 2.05. The molecule has 58 valence electrons. The average molecular weight is 264 g/mol. The van der Waals surface area contributed by atoms with Gasteiger partial charge in [0.1, 0.15) is 9.52 Å². The lowest BCUT2D eigenvalue weighted by Crippen LogP contribution is -2.08. The summed E-state index contributed by atoms with van der Waals surface area (Å²) in [5, 5.41) is 10.5. The van der Waals surface area contributed by atoms with Gasteiger partial charge in [0.25, 0.3) is 0 Å². The van der Waals surface area contributed by atoms with E-state index in [9.17, 15) is 4.79 Å². The fourth-order valence-corrected chi connectivity index (χ4v) is 1.05. The maximum Gasteiger partial charge on any atom is 0.410 e. The molecule has 0 saturated heterocycles. The molecule has 4 nitrogen and oxygen atoms in total. The van der Waals surface area contributed by atoms with E-state index in [1.807, 2.05) is 22.6 Å². The maximum absolute atomic E-state index is 10.1. The minimum Gasteiger partial charge on any atom is -0.465 e. The lowest BCUT2D eigenvalue weighted by molar-refractivity contribution is 0.209. The highest BCUT2D eigenvalue weighted by atomic mass is 127. The third kappa shape index (κ3) is 2.71. The number of amides is 1. The zero-order valence-corrected chi connectivity index (χ0v) is 7.57. The highest BCUT2D eigenvalue weighted by molar-refractivity contribution is 14.1. The molecule has 2 N–H and O–H groups in total. The molecule has 0 saturated carbocycles. The van der Waals surface area contributed by atoms with Crippen molar-refractivity contribution in [3.8, 4) is 0 Å². The smallest absolute Gasteiger partial charge is 0.410 e. The molecule has 0 atom stereocenters.